The molecular weight excluding hydrogens is 378 g/mol. The highest BCUT2D eigenvalue weighted by atomic mass is 16.5. The average Bonchev–Trinajstić information content (AvgIpc) is 3.17. The van der Waals surface area contributed by atoms with Gasteiger partial charge in [0.1, 0.15) is 5.82 Å². The number of benzene rings is 2. The molecule has 0 bridgehead atoms. The van der Waals surface area contributed by atoms with Gasteiger partial charge in [-0.2, -0.15) is 0 Å². The molecule has 1 saturated heterocycles. The number of aromatic nitrogens is 2. The zero-order valence-corrected chi connectivity index (χ0v) is 17.6. The maximum atomic E-state index is 13.6. The fourth-order valence-electron chi connectivity index (χ4n) is 4.37. The first-order valence-electron chi connectivity index (χ1n) is 10.5. The molecule has 1 aromatic heterocycles. The van der Waals surface area contributed by atoms with E-state index in [0.717, 1.165) is 22.4 Å². The molecule has 0 aliphatic carbocycles. The highest BCUT2D eigenvalue weighted by Crippen LogP contribution is 2.36. The van der Waals surface area contributed by atoms with Gasteiger partial charge < -0.3 is 19.4 Å². The number of rotatable bonds is 7. The van der Waals surface area contributed by atoms with Crippen LogP contribution >= 0.6 is 0 Å². The number of carbonyl (C=O) groups is 1. The van der Waals surface area contributed by atoms with Gasteiger partial charge >= 0.3 is 0 Å². The van der Waals surface area contributed by atoms with Crippen LogP contribution in [0.5, 0.6) is 0 Å². The van der Waals surface area contributed by atoms with Crippen molar-refractivity contribution in [3.8, 4) is 0 Å². The number of imidazole rings is 1. The molecule has 30 heavy (non-hydrogen) atoms. The number of amides is 1. The Hall–Kier alpha value is -2.70. The molecule has 6 heteroatoms. The summed E-state index contributed by atoms with van der Waals surface area (Å²) in [5, 5.41) is 3.26. The Bertz CT molecular complexity index is 993. The van der Waals surface area contributed by atoms with Gasteiger partial charge in [0, 0.05) is 26.9 Å². The van der Waals surface area contributed by atoms with Gasteiger partial charge in [0.15, 0.2) is 0 Å². The maximum absolute atomic E-state index is 13.6. The van der Waals surface area contributed by atoms with Crippen LogP contribution in [0.4, 0.5) is 0 Å². The quantitative estimate of drug-likeness (QED) is 0.650. The zero-order chi connectivity index (χ0) is 21.0. The lowest BCUT2D eigenvalue weighted by molar-refractivity contribution is -0.131. The first kappa shape index (κ1) is 20.6. The number of methoxy groups -OCH3 is 1. The summed E-state index contributed by atoms with van der Waals surface area (Å²) >= 11 is 0. The van der Waals surface area contributed by atoms with E-state index >= 15 is 0 Å². The first-order chi connectivity index (χ1) is 14.7. The fourth-order valence-corrected chi connectivity index (χ4v) is 4.37. The molecule has 0 spiro atoms. The van der Waals surface area contributed by atoms with Gasteiger partial charge in [-0.15, -0.1) is 0 Å². The van der Waals surface area contributed by atoms with Crippen LogP contribution in [-0.2, 0) is 26.2 Å². The van der Waals surface area contributed by atoms with Crippen molar-refractivity contribution in [1.82, 2.24) is 14.9 Å². The maximum Gasteiger partial charge on any atom is 0.231 e. The largest absolute Gasteiger partial charge is 0.383 e. The van der Waals surface area contributed by atoms with Crippen molar-refractivity contribution in [2.75, 3.05) is 26.9 Å². The molecule has 1 fully saturated rings. The van der Waals surface area contributed by atoms with Crippen LogP contribution in [0, 0.1) is 0 Å². The van der Waals surface area contributed by atoms with E-state index in [1.807, 2.05) is 55.5 Å². The van der Waals surface area contributed by atoms with E-state index < -0.39 is 5.41 Å². The van der Waals surface area contributed by atoms with E-state index in [4.69, 9.17) is 14.5 Å². The van der Waals surface area contributed by atoms with Gasteiger partial charge in [-0.25, -0.2) is 4.98 Å². The summed E-state index contributed by atoms with van der Waals surface area (Å²) < 4.78 is 13.0. The normalized spacial score (nSPS) is 17.0. The molecule has 4 rings (SSSR count). The van der Waals surface area contributed by atoms with Crippen LogP contribution in [0.3, 0.4) is 0 Å². The number of ether oxygens (including phenoxy) is 2. The lowest BCUT2D eigenvalue weighted by Gasteiger charge is -2.37. The van der Waals surface area contributed by atoms with E-state index in [1.165, 1.54) is 0 Å². The van der Waals surface area contributed by atoms with Crippen molar-refractivity contribution in [3.63, 3.8) is 0 Å². The Morgan fingerprint density at radius 2 is 1.87 bits per heavy atom. The predicted molar refractivity (Wildman–Crippen MR) is 116 cm³/mol. The molecule has 1 N–H and O–H groups in total. The van der Waals surface area contributed by atoms with E-state index in [-0.39, 0.29) is 11.9 Å². The Kier molecular flexibility index (Phi) is 6.16. The van der Waals surface area contributed by atoms with Crippen molar-refractivity contribution in [2.45, 2.75) is 37.8 Å². The van der Waals surface area contributed by atoms with E-state index in [1.54, 1.807) is 7.11 Å². The molecule has 1 aliphatic rings. The molecule has 2 heterocycles. The third kappa shape index (κ3) is 3.85. The molecule has 3 aromatic rings. The number of hydrogen-bond acceptors (Lipinski definition) is 4. The summed E-state index contributed by atoms with van der Waals surface area (Å²) in [4.78, 5) is 18.4. The molecule has 0 unspecified atom stereocenters. The summed E-state index contributed by atoms with van der Waals surface area (Å²) in [6.45, 7) is 4.44. The Labute approximate surface area is 177 Å². The van der Waals surface area contributed by atoms with E-state index in [0.29, 0.717) is 39.2 Å². The fraction of sp³-hybridized carbons (Fsp3) is 0.417. The Morgan fingerprint density at radius 1 is 1.17 bits per heavy atom. The monoisotopic (exact) mass is 407 g/mol. The summed E-state index contributed by atoms with van der Waals surface area (Å²) in [6, 6.07) is 17.9. The lowest BCUT2D eigenvalue weighted by Crippen LogP contribution is -2.48. The molecule has 1 amide bonds. The van der Waals surface area contributed by atoms with Crippen LogP contribution in [0.15, 0.2) is 54.6 Å². The van der Waals surface area contributed by atoms with Crippen molar-refractivity contribution in [3.05, 3.63) is 66.0 Å². The molecule has 1 atom stereocenters. The third-order valence-corrected chi connectivity index (χ3v) is 6.05. The van der Waals surface area contributed by atoms with Crippen molar-refractivity contribution < 1.29 is 14.3 Å². The van der Waals surface area contributed by atoms with Gasteiger partial charge in [-0.05, 0) is 37.5 Å². The highest BCUT2D eigenvalue weighted by molar-refractivity contribution is 5.88. The SMILES string of the molecule is COCCn1c([C@@H](C)NC(=O)C2(c3ccccc3)CCOCC2)nc2ccccc21. The second-order valence-corrected chi connectivity index (χ2v) is 7.86. The Balaban J connectivity index is 1.64. The summed E-state index contributed by atoms with van der Waals surface area (Å²) in [6.07, 6.45) is 1.35. The standard InChI is InChI=1S/C24H29N3O3/c1-18(22-26-20-10-6-7-11-21(20)27(22)14-17-29-2)25-23(28)24(12-15-30-16-13-24)19-8-4-3-5-9-19/h3-11,18H,12-17H2,1-2H3,(H,25,28)/t18-/m1/s1. The Morgan fingerprint density at radius 3 is 2.60 bits per heavy atom. The number of nitrogens with zero attached hydrogens (tertiary/aromatic N) is 2. The van der Waals surface area contributed by atoms with Gasteiger partial charge in [-0.3, -0.25) is 4.79 Å². The lowest BCUT2D eigenvalue weighted by atomic mass is 9.73. The number of carbonyl (C=O) groups excluding carboxylic acids is 1. The van der Waals surface area contributed by atoms with Crippen molar-refractivity contribution in [2.24, 2.45) is 0 Å². The van der Waals surface area contributed by atoms with Crippen molar-refractivity contribution >= 4 is 16.9 Å². The summed E-state index contributed by atoms with van der Waals surface area (Å²) in [5.41, 5.74) is 2.45. The first-order valence-corrected chi connectivity index (χ1v) is 10.5. The predicted octanol–water partition coefficient (Wildman–Crippen LogP) is 3.61. The van der Waals surface area contributed by atoms with Gasteiger partial charge in [0.05, 0.1) is 29.1 Å². The van der Waals surface area contributed by atoms with Gasteiger partial charge in [0.25, 0.3) is 0 Å². The number of nitrogens with one attached hydrogen (secondary N) is 1. The van der Waals surface area contributed by atoms with Crippen molar-refractivity contribution in [1.29, 1.82) is 0 Å². The minimum absolute atomic E-state index is 0.0369. The highest BCUT2D eigenvalue weighted by Gasteiger charge is 2.42. The van der Waals surface area contributed by atoms with Crippen LogP contribution in [0.25, 0.3) is 11.0 Å². The molecule has 6 nitrogen and oxygen atoms in total. The molecule has 0 saturated carbocycles. The topological polar surface area (TPSA) is 65.4 Å². The average molecular weight is 408 g/mol. The minimum Gasteiger partial charge on any atom is -0.383 e. The molecule has 0 radical (unpaired) electrons. The molecular formula is C24H29N3O3. The molecule has 1 aliphatic heterocycles. The van der Waals surface area contributed by atoms with Crippen LogP contribution in [0.1, 0.15) is 37.2 Å². The molecule has 158 valence electrons. The van der Waals surface area contributed by atoms with Crippen LogP contribution < -0.4 is 5.32 Å². The zero-order valence-electron chi connectivity index (χ0n) is 17.6. The van der Waals surface area contributed by atoms with E-state index in [2.05, 4.69) is 16.0 Å². The number of hydrogen-bond donors (Lipinski definition) is 1. The van der Waals surface area contributed by atoms with Gasteiger partial charge in [0.2, 0.25) is 5.91 Å². The van der Waals surface area contributed by atoms with Crippen LogP contribution in [-0.4, -0.2) is 42.4 Å². The molecule has 2 aromatic carbocycles. The number of fused-ring (bicyclic) bond motifs is 1. The summed E-state index contributed by atoms with van der Waals surface area (Å²) in [5.74, 6) is 0.881. The second-order valence-electron chi connectivity index (χ2n) is 7.86. The van der Waals surface area contributed by atoms with Gasteiger partial charge in [-0.1, -0.05) is 42.5 Å². The summed E-state index contributed by atoms with van der Waals surface area (Å²) in [7, 11) is 1.69. The third-order valence-electron chi connectivity index (χ3n) is 6.05. The van der Waals surface area contributed by atoms with E-state index in [9.17, 15) is 4.79 Å². The van der Waals surface area contributed by atoms with Crippen LogP contribution in [0.2, 0.25) is 0 Å². The number of para-hydroxylation sites is 2. The minimum atomic E-state index is -0.572. The second kappa shape index (κ2) is 8.98. The smallest absolute Gasteiger partial charge is 0.231 e.